The number of sulfonamides is 1. The van der Waals surface area contributed by atoms with Crippen molar-refractivity contribution < 1.29 is 13.2 Å². The van der Waals surface area contributed by atoms with Crippen LogP contribution in [0.25, 0.3) is 0 Å². The molecule has 1 saturated heterocycles. The lowest BCUT2D eigenvalue weighted by atomic mass is 10.1. The van der Waals surface area contributed by atoms with Crippen molar-refractivity contribution in [2.24, 2.45) is 0 Å². The predicted molar refractivity (Wildman–Crippen MR) is 100 cm³/mol. The standard InChI is InChI=1S/C18H24N2O3S2/c1-14-5-7-16(8-6-14)25(21,22)19-15(2)18(17-4-3-13-24-17)20-9-11-23-12-10-20/h3-8,13,15,18-19H,9-12H2,1-2H3/t15-,18-/m1/s1. The van der Waals surface area contributed by atoms with Crippen molar-refractivity contribution in [3.8, 4) is 0 Å². The highest BCUT2D eigenvalue weighted by Gasteiger charge is 2.31. The number of nitrogens with zero attached hydrogens (tertiary/aromatic N) is 1. The van der Waals surface area contributed by atoms with E-state index < -0.39 is 10.0 Å². The van der Waals surface area contributed by atoms with Gasteiger partial charge in [0, 0.05) is 24.0 Å². The molecule has 1 fully saturated rings. The lowest BCUT2D eigenvalue weighted by Crippen LogP contribution is -2.48. The molecule has 0 aliphatic carbocycles. The van der Waals surface area contributed by atoms with Crippen LogP contribution in [0, 0.1) is 6.92 Å². The van der Waals surface area contributed by atoms with Crippen LogP contribution in [0.1, 0.15) is 23.4 Å². The van der Waals surface area contributed by atoms with Crippen molar-refractivity contribution in [3.63, 3.8) is 0 Å². The highest BCUT2D eigenvalue weighted by molar-refractivity contribution is 7.89. The summed E-state index contributed by atoms with van der Waals surface area (Å²) in [7, 11) is -3.55. The third-order valence-corrected chi connectivity index (χ3v) is 6.94. The first-order chi connectivity index (χ1) is 12.0. The Morgan fingerprint density at radius 2 is 1.84 bits per heavy atom. The number of benzene rings is 1. The number of hydrogen-bond donors (Lipinski definition) is 1. The summed E-state index contributed by atoms with van der Waals surface area (Å²) in [6.45, 7) is 6.85. The van der Waals surface area contributed by atoms with E-state index in [1.165, 1.54) is 4.88 Å². The molecule has 2 atom stereocenters. The zero-order valence-corrected chi connectivity index (χ0v) is 16.1. The summed E-state index contributed by atoms with van der Waals surface area (Å²) in [5.41, 5.74) is 1.04. The van der Waals surface area contributed by atoms with Crippen molar-refractivity contribution in [2.75, 3.05) is 26.3 Å². The Morgan fingerprint density at radius 1 is 1.16 bits per heavy atom. The van der Waals surface area contributed by atoms with Gasteiger partial charge in [0.05, 0.1) is 24.2 Å². The van der Waals surface area contributed by atoms with Gasteiger partial charge in [-0.3, -0.25) is 4.90 Å². The minimum absolute atomic E-state index is 0.00382. The first kappa shape index (κ1) is 18.5. The first-order valence-corrected chi connectivity index (χ1v) is 10.8. The molecule has 0 bridgehead atoms. The van der Waals surface area contributed by atoms with E-state index >= 15 is 0 Å². The first-order valence-electron chi connectivity index (χ1n) is 8.41. The van der Waals surface area contributed by atoms with Crippen LogP contribution in [0.3, 0.4) is 0 Å². The summed E-state index contributed by atoms with van der Waals surface area (Å²) in [6, 6.07) is 10.8. The van der Waals surface area contributed by atoms with Gasteiger partial charge < -0.3 is 4.74 Å². The van der Waals surface area contributed by atoms with Gasteiger partial charge in [0.2, 0.25) is 10.0 Å². The minimum Gasteiger partial charge on any atom is -0.379 e. The van der Waals surface area contributed by atoms with Gasteiger partial charge in [-0.15, -0.1) is 11.3 Å². The summed E-state index contributed by atoms with van der Waals surface area (Å²) < 4.78 is 33.8. The van der Waals surface area contributed by atoms with Crippen molar-refractivity contribution in [1.82, 2.24) is 9.62 Å². The van der Waals surface area contributed by atoms with E-state index in [0.29, 0.717) is 18.1 Å². The number of morpholine rings is 1. The van der Waals surface area contributed by atoms with Gasteiger partial charge in [0.25, 0.3) is 0 Å². The monoisotopic (exact) mass is 380 g/mol. The van der Waals surface area contributed by atoms with Crippen LogP contribution >= 0.6 is 11.3 Å². The Morgan fingerprint density at radius 3 is 2.44 bits per heavy atom. The quantitative estimate of drug-likeness (QED) is 0.837. The van der Waals surface area contributed by atoms with Crippen LogP contribution in [0.4, 0.5) is 0 Å². The third kappa shape index (κ3) is 4.48. The van der Waals surface area contributed by atoms with Crippen molar-refractivity contribution in [2.45, 2.75) is 30.8 Å². The van der Waals surface area contributed by atoms with Crippen LogP contribution in [0.5, 0.6) is 0 Å². The Kier molecular flexibility index (Phi) is 5.91. The van der Waals surface area contributed by atoms with Gasteiger partial charge in [-0.1, -0.05) is 23.8 Å². The lowest BCUT2D eigenvalue weighted by Gasteiger charge is -2.37. The van der Waals surface area contributed by atoms with Gasteiger partial charge in [-0.2, -0.15) is 0 Å². The van der Waals surface area contributed by atoms with Crippen molar-refractivity contribution in [1.29, 1.82) is 0 Å². The smallest absolute Gasteiger partial charge is 0.240 e. The van der Waals surface area contributed by atoms with E-state index in [4.69, 9.17) is 4.74 Å². The topological polar surface area (TPSA) is 58.6 Å². The average molecular weight is 381 g/mol. The molecule has 136 valence electrons. The zero-order chi connectivity index (χ0) is 17.9. The van der Waals surface area contributed by atoms with E-state index in [1.54, 1.807) is 23.5 Å². The van der Waals surface area contributed by atoms with Crippen LogP contribution in [0.2, 0.25) is 0 Å². The van der Waals surface area contributed by atoms with E-state index in [0.717, 1.165) is 18.7 Å². The Hall–Kier alpha value is -1.25. The highest BCUT2D eigenvalue weighted by Crippen LogP contribution is 2.29. The van der Waals surface area contributed by atoms with Crippen LogP contribution in [0.15, 0.2) is 46.7 Å². The molecule has 7 heteroatoms. The molecule has 0 unspecified atom stereocenters. The molecule has 0 amide bonds. The molecule has 1 aliphatic rings. The largest absolute Gasteiger partial charge is 0.379 e. The van der Waals surface area contributed by atoms with Crippen LogP contribution < -0.4 is 4.72 Å². The third-order valence-electron chi connectivity index (χ3n) is 4.42. The number of rotatable bonds is 6. The van der Waals surface area contributed by atoms with E-state index in [1.807, 2.05) is 37.4 Å². The zero-order valence-electron chi connectivity index (χ0n) is 14.5. The Balaban J connectivity index is 1.82. The van der Waals surface area contributed by atoms with Gasteiger partial charge in [-0.25, -0.2) is 13.1 Å². The molecule has 0 spiro atoms. The van der Waals surface area contributed by atoms with E-state index in [2.05, 4.69) is 15.7 Å². The fourth-order valence-electron chi connectivity index (χ4n) is 3.15. The number of thiophene rings is 1. The highest BCUT2D eigenvalue weighted by atomic mass is 32.2. The Labute approximate surface area is 153 Å². The van der Waals surface area contributed by atoms with Crippen LogP contribution in [-0.2, 0) is 14.8 Å². The van der Waals surface area contributed by atoms with Crippen molar-refractivity contribution in [3.05, 3.63) is 52.2 Å². The molecule has 2 heterocycles. The van der Waals surface area contributed by atoms with E-state index in [-0.39, 0.29) is 12.1 Å². The molecule has 1 aromatic carbocycles. The fourth-order valence-corrected chi connectivity index (χ4v) is 5.37. The second-order valence-corrected chi connectivity index (χ2v) is 9.02. The van der Waals surface area contributed by atoms with Crippen LogP contribution in [-0.4, -0.2) is 45.7 Å². The summed E-state index contributed by atoms with van der Waals surface area (Å²) in [5, 5.41) is 2.03. The number of nitrogens with one attached hydrogen (secondary N) is 1. The Bertz CT molecular complexity index is 767. The maximum Gasteiger partial charge on any atom is 0.240 e. The molecule has 0 saturated carbocycles. The molecule has 1 N–H and O–H groups in total. The molecule has 3 rings (SSSR count). The predicted octanol–water partition coefficient (Wildman–Crippen LogP) is 2.80. The summed E-state index contributed by atoms with van der Waals surface area (Å²) in [5.74, 6) is 0. The molecule has 1 aromatic heterocycles. The second kappa shape index (κ2) is 7.97. The molecule has 1 aliphatic heterocycles. The fraction of sp³-hybridized carbons (Fsp3) is 0.444. The molecular formula is C18H24N2O3S2. The normalized spacial score (nSPS) is 18.8. The minimum atomic E-state index is -3.55. The maximum atomic E-state index is 12.8. The molecular weight excluding hydrogens is 356 g/mol. The maximum absolute atomic E-state index is 12.8. The summed E-state index contributed by atoms with van der Waals surface area (Å²) in [4.78, 5) is 3.77. The average Bonchev–Trinajstić information content (AvgIpc) is 3.10. The van der Waals surface area contributed by atoms with E-state index in [9.17, 15) is 8.42 Å². The molecule has 2 aromatic rings. The molecule has 0 radical (unpaired) electrons. The SMILES string of the molecule is Cc1ccc(S(=O)(=O)N[C@H](C)[C@H](c2cccs2)N2CCOCC2)cc1. The molecule has 25 heavy (non-hydrogen) atoms. The lowest BCUT2D eigenvalue weighted by molar-refractivity contribution is 0.0113. The summed E-state index contributed by atoms with van der Waals surface area (Å²) >= 11 is 1.66. The van der Waals surface area contributed by atoms with Gasteiger partial charge in [0.1, 0.15) is 0 Å². The molecule has 5 nitrogen and oxygen atoms in total. The number of hydrogen-bond acceptors (Lipinski definition) is 5. The van der Waals surface area contributed by atoms with Crippen molar-refractivity contribution >= 4 is 21.4 Å². The van der Waals surface area contributed by atoms with Gasteiger partial charge in [0.15, 0.2) is 0 Å². The van der Waals surface area contributed by atoms with Gasteiger partial charge in [-0.05, 0) is 37.4 Å². The number of aryl methyl sites for hydroxylation is 1. The number of ether oxygens (including phenoxy) is 1. The van der Waals surface area contributed by atoms with Gasteiger partial charge >= 0.3 is 0 Å². The summed E-state index contributed by atoms with van der Waals surface area (Å²) in [6.07, 6.45) is 0. The second-order valence-electron chi connectivity index (χ2n) is 6.33.